The van der Waals surface area contributed by atoms with Gasteiger partial charge in [0.1, 0.15) is 0 Å². The fourth-order valence-electron chi connectivity index (χ4n) is 3.08. The molecule has 3 rings (SSSR count). The average Bonchev–Trinajstić information content (AvgIpc) is 2.71. The van der Waals surface area contributed by atoms with Crippen molar-refractivity contribution in [3.05, 3.63) is 42.1 Å². The normalized spacial score (nSPS) is 15.4. The van der Waals surface area contributed by atoms with E-state index in [1.165, 1.54) is 10.9 Å². The Morgan fingerprint density at radius 1 is 1.22 bits per heavy atom. The fraction of sp³-hybridized carbons (Fsp3) is 0.500. The molecule has 0 atom stereocenters. The van der Waals surface area contributed by atoms with Crippen molar-refractivity contribution >= 4 is 40.8 Å². The second-order valence-electron chi connectivity index (χ2n) is 6.38. The number of hydrogen-bond donors (Lipinski definition) is 2. The van der Waals surface area contributed by atoms with Crippen molar-refractivity contribution in [3.8, 4) is 0 Å². The molecule has 148 valence electrons. The Balaban J connectivity index is 0.00000261. The van der Waals surface area contributed by atoms with Gasteiger partial charge in [0, 0.05) is 51.5 Å². The highest BCUT2D eigenvalue weighted by molar-refractivity contribution is 14.0. The third kappa shape index (κ3) is 6.90. The highest BCUT2D eigenvalue weighted by Crippen LogP contribution is 2.15. The molecular weight excluding hydrogens is 455 g/mol. The lowest BCUT2D eigenvalue weighted by molar-refractivity contribution is -0.0320. The molecule has 0 aliphatic carbocycles. The first-order valence-electron chi connectivity index (χ1n) is 9.33. The molecule has 0 saturated carbocycles. The van der Waals surface area contributed by atoms with Crippen molar-refractivity contribution in [3.63, 3.8) is 0 Å². The van der Waals surface area contributed by atoms with Crippen LogP contribution in [0.2, 0.25) is 0 Å². The van der Waals surface area contributed by atoms with E-state index in [9.17, 15) is 0 Å². The smallest absolute Gasteiger partial charge is 0.191 e. The topological polar surface area (TPSA) is 67.8 Å². The lowest BCUT2D eigenvalue weighted by atomic mass is 10.1. The molecule has 27 heavy (non-hydrogen) atoms. The number of pyridine rings is 1. The van der Waals surface area contributed by atoms with Gasteiger partial charge < -0.3 is 20.1 Å². The zero-order valence-electron chi connectivity index (χ0n) is 15.8. The Kier molecular flexibility index (Phi) is 9.79. The van der Waals surface area contributed by atoms with Crippen LogP contribution in [-0.4, -0.2) is 50.5 Å². The fourth-order valence-corrected chi connectivity index (χ4v) is 3.08. The first-order chi connectivity index (χ1) is 12.9. The van der Waals surface area contributed by atoms with Crippen molar-refractivity contribution in [2.75, 3.05) is 33.4 Å². The van der Waals surface area contributed by atoms with Gasteiger partial charge in [0.2, 0.25) is 0 Å². The molecule has 0 amide bonds. The average molecular weight is 484 g/mol. The van der Waals surface area contributed by atoms with Crippen LogP contribution >= 0.6 is 24.0 Å². The maximum atomic E-state index is 5.89. The molecule has 1 aromatic heterocycles. The summed E-state index contributed by atoms with van der Waals surface area (Å²) >= 11 is 0. The number of aliphatic imine (C=N–C) groups is 1. The van der Waals surface area contributed by atoms with Crippen LogP contribution in [0.25, 0.3) is 10.9 Å². The minimum atomic E-state index is 0. The number of halogens is 1. The largest absolute Gasteiger partial charge is 0.381 e. The second-order valence-corrected chi connectivity index (χ2v) is 6.38. The number of benzene rings is 1. The van der Waals surface area contributed by atoms with Crippen molar-refractivity contribution in [1.82, 2.24) is 15.6 Å². The van der Waals surface area contributed by atoms with E-state index in [4.69, 9.17) is 9.47 Å². The predicted octanol–water partition coefficient (Wildman–Crippen LogP) is 3.10. The lowest BCUT2D eigenvalue weighted by Gasteiger charge is -2.22. The number of para-hydroxylation sites is 1. The molecule has 2 N–H and O–H groups in total. The molecule has 1 aromatic carbocycles. The van der Waals surface area contributed by atoms with Gasteiger partial charge in [-0.05, 0) is 37.0 Å². The van der Waals surface area contributed by atoms with Gasteiger partial charge in [-0.15, -0.1) is 24.0 Å². The summed E-state index contributed by atoms with van der Waals surface area (Å²) in [6.07, 6.45) is 5.19. The van der Waals surface area contributed by atoms with Crippen LogP contribution in [0, 0.1) is 0 Å². The molecule has 0 bridgehead atoms. The standard InChI is InChI=1S/C20H28N4O2.HI/c1-21-20(23-10-4-12-26-17-8-13-25-14-9-17)24-15-16-7-11-22-19-6-3-2-5-18(16)19;/h2-3,5-7,11,17H,4,8-10,12-15H2,1H3,(H2,21,23,24);1H. The zero-order chi connectivity index (χ0) is 18.0. The van der Waals surface area contributed by atoms with E-state index in [0.717, 1.165) is 57.1 Å². The molecule has 0 radical (unpaired) electrons. The quantitative estimate of drug-likeness (QED) is 0.274. The maximum absolute atomic E-state index is 5.89. The first-order valence-corrected chi connectivity index (χ1v) is 9.33. The van der Waals surface area contributed by atoms with E-state index in [2.05, 4.69) is 26.7 Å². The number of ether oxygens (including phenoxy) is 2. The summed E-state index contributed by atoms with van der Waals surface area (Å²) in [6.45, 7) is 3.96. The first kappa shape index (κ1) is 21.8. The lowest BCUT2D eigenvalue weighted by Crippen LogP contribution is -2.37. The number of guanidine groups is 1. The molecule has 1 aliphatic rings. The van der Waals surface area contributed by atoms with E-state index >= 15 is 0 Å². The summed E-state index contributed by atoms with van der Waals surface area (Å²) in [5, 5.41) is 7.89. The van der Waals surface area contributed by atoms with E-state index in [-0.39, 0.29) is 24.0 Å². The summed E-state index contributed by atoms with van der Waals surface area (Å²) < 4.78 is 11.2. The summed E-state index contributed by atoms with van der Waals surface area (Å²) in [5.74, 6) is 0.803. The number of rotatable bonds is 7. The Morgan fingerprint density at radius 2 is 2.04 bits per heavy atom. The Hall–Kier alpha value is -1.45. The minimum Gasteiger partial charge on any atom is -0.381 e. The molecule has 1 aliphatic heterocycles. The van der Waals surface area contributed by atoms with Crippen molar-refractivity contribution in [1.29, 1.82) is 0 Å². The number of aromatic nitrogens is 1. The van der Waals surface area contributed by atoms with Crippen LogP contribution in [-0.2, 0) is 16.0 Å². The summed E-state index contributed by atoms with van der Waals surface area (Å²) in [4.78, 5) is 8.69. The Morgan fingerprint density at radius 3 is 2.85 bits per heavy atom. The molecule has 1 saturated heterocycles. The summed E-state index contributed by atoms with van der Waals surface area (Å²) in [6, 6.07) is 10.2. The van der Waals surface area contributed by atoms with Crippen LogP contribution in [0.3, 0.4) is 0 Å². The highest BCUT2D eigenvalue weighted by atomic mass is 127. The second kappa shape index (κ2) is 12.1. The third-order valence-corrected chi connectivity index (χ3v) is 4.54. The van der Waals surface area contributed by atoms with Crippen LogP contribution in [0.5, 0.6) is 0 Å². The third-order valence-electron chi connectivity index (χ3n) is 4.54. The van der Waals surface area contributed by atoms with Crippen LogP contribution in [0.1, 0.15) is 24.8 Å². The number of nitrogens with zero attached hydrogens (tertiary/aromatic N) is 2. The zero-order valence-corrected chi connectivity index (χ0v) is 18.1. The van der Waals surface area contributed by atoms with Crippen LogP contribution < -0.4 is 10.6 Å². The number of hydrogen-bond acceptors (Lipinski definition) is 4. The Labute approximate surface area is 178 Å². The molecule has 2 heterocycles. The molecule has 1 fully saturated rings. The molecule has 0 spiro atoms. The molecule has 0 unspecified atom stereocenters. The summed E-state index contributed by atoms with van der Waals surface area (Å²) in [7, 11) is 1.79. The van der Waals surface area contributed by atoms with E-state index in [1.807, 2.05) is 30.5 Å². The molecule has 6 nitrogen and oxygen atoms in total. The van der Waals surface area contributed by atoms with Gasteiger partial charge in [-0.1, -0.05) is 18.2 Å². The van der Waals surface area contributed by atoms with Gasteiger partial charge in [0.15, 0.2) is 5.96 Å². The highest BCUT2D eigenvalue weighted by Gasteiger charge is 2.13. The van der Waals surface area contributed by atoms with Crippen LogP contribution in [0.15, 0.2) is 41.5 Å². The number of nitrogens with one attached hydrogen (secondary N) is 2. The van der Waals surface area contributed by atoms with Crippen molar-refractivity contribution in [2.24, 2.45) is 4.99 Å². The Bertz CT molecular complexity index is 715. The van der Waals surface area contributed by atoms with E-state index < -0.39 is 0 Å². The van der Waals surface area contributed by atoms with Gasteiger partial charge in [-0.3, -0.25) is 9.98 Å². The SMILES string of the molecule is CN=C(NCCCOC1CCOCC1)NCc1ccnc2ccccc12.I. The number of fused-ring (bicyclic) bond motifs is 1. The van der Waals surface area contributed by atoms with Gasteiger partial charge >= 0.3 is 0 Å². The minimum absolute atomic E-state index is 0. The predicted molar refractivity (Wildman–Crippen MR) is 120 cm³/mol. The van der Waals surface area contributed by atoms with Gasteiger partial charge in [-0.25, -0.2) is 0 Å². The van der Waals surface area contributed by atoms with Gasteiger partial charge in [0.05, 0.1) is 11.6 Å². The van der Waals surface area contributed by atoms with E-state index in [0.29, 0.717) is 12.6 Å². The molecule has 7 heteroatoms. The van der Waals surface area contributed by atoms with Crippen molar-refractivity contribution < 1.29 is 9.47 Å². The monoisotopic (exact) mass is 484 g/mol. The molecule has 2 aromatic rings. The maximum Gasteiger partial charge on any atom is 0.191 e. The van der Waals surface area contributed by atoms with Crippen molar-refractivity contribution in [2.45, 2.75) is 31.9 Å². The molecular formula is C20H29IN4O2. The van der Waals surface area contributed by atoms with E-state index in [1.54, 1.807) is 7.05 Å². The summed E-state index contributed by atoms with van der Waals surface area (Å²) in [5.41, 5.74) is 2.22. The van der Waals surface area contributed by atoms with Gasteiger partial charge in [-0.2, -0.15) is 0 Å². The van der Waals surface area contributed by atoms with Gasteiger partial charge in [0.25, 0.3) is 0 Å². The van der Waals surface area contributed by atoms with Crippen LogP contribution in [0.4, 0.5) is 0 Å².